The molecule has 0 aliphatic heterocycles. The molecule has 0 bridgehead atoms. The zero-order valence-electron chi connectivity index (χ0n) is 9.03. The van der Waals surface area contributed by atoms with Gasteiger partial charge in [0.05, 0.1) is 0 Å². The number of hydrogen-bond acceptors (Lipinski definition) is 3. The number of aryl methyl sites for hydroxylation is 1. The van der Waals surface area contributed by atoms with Crippen LogP contribution in [0.4, 0.5) is 0 Å². The zero-order valence-corrected chi connectivity index (χ0v) is 11.4. The lowest BCUT2D eigenvalue weighted by Crippen LogP contribution is -2.12. The molecule has 2 heterocycles. The molecule has 2 nitrogen and oxygen atoms in total. The van der Waals surface area contributed by atoms with E-state index in [0.29, 0.717) is 0 Å². The number of thiophene rings is 1. The molecule has 1 N–H and O–H groups in total. The van der Waals surface area contributed by atoms with Crippen LogP contribution in [-0.4, -0.2) is 4.98 Å². The van der Waals surface area contributed by atoms with Gasteiger partial charge >= 0.3 is 0 Å². The van der Waals surface area contributed by atoms with Crippen molar-refractivity contribution in [2.75, 3.05) is 0 Å². The van der Waals surface area contributed by atoms with Gasteiger partial charge in [0.1, 0.15) is 0 Å². The van der Waals surface area contributed by atoms with Crippen LogP contribution in [0.1, 0.15) is 16.0 Å². The molecule has 0 aliphatic rings. The van der Waals surface area contributed by atoms with Crippen molar-refractivity contribution in [1.82, 2.24) is 10.3 Å². The Balaban J connectivity index is 1.87. The van der Waals surface area contributed by atoms with Crippen LogP contribution in [0.25, 0.3) is 0 Å². The fourth-order valence-electron chi connectivity index (χ4n) is 1.49. The predicted octanol–water partition coefficient (Wildman–Crippen LogP) is 3.50. The normalized spacial score (nSPS) is 10.6. The molecule has 16 heavy (non-hydrogen) atoms. The monoisotopic (exact) mass is 296 g/mol. The molecule has 0 spiro atoms. The van der Waals surface area contributed by atoms with Gasteiger partial charge < -0.3 is 5.32 Å². The van der Waals surface area contributed by atoms with Crippen LogP contribution in [0.5, 0.6) is 0 Å². The summed E-state index contributed by atoms with van der Waals surface area (Å²) in [6, 6.07) is 4.24. The highest BCUT2D eigenvalue weighted by atomic mass is 79.9. The Hall–Kier alpha value is -0.710. The second kappa shape index (κ2) is 5.57. The first-order chi connectivity index (χ1) is 7.75. The smallest absolute Gasteiger partial charge is 0.0327 e. The fraction of sp³-hybridized carbons (Fsp3) is 0.250. The number of halogens is 1. The molecule has 2 aromatic heterocycles. The third-order valence-electron chi connectivity index (χ3n) is 2.24. The SMILES string of the molecule is Cc1cncc(CNCc2sccc2Br)c1. The molecule has 0 saturated carbocycles. The van der Waals surface area contributed by atoms with Gasteiger partial charge in [-0.15, -0.1) is 11.3 Å². The first-order valence-corrected chi connectivity index (χ1v) is 6.76. The van der Waals surface area contributed by atoms with E-state index >= 15 is 0 Å². The summed E-state index contributed by atoms with van der Waals surface area (Å²) >= 11 is 5.29. The summed E-state index contributed by atoms with van der Waals surface area (Å²) in [7, 11) is 0. The summed E-state index contributed by atoms with van der Waals surface area (Å²) in [6.45, 7) is 3.82. The van der Waals surface area contributed by atoms with Crippen LogP contribution in [0, 0.1) is 6.92 Å². The first kappa shape index (κ1) is 11.8. The van der Waals surface area contributed by atoms with Crippen LogP contribution in [-0.2, 0) is 13.1 Å². The van der Waals surface area contributed by atoms with Gasteiger partial charge in [-0.2, -0.15) is 0 Å². The molecule has 0 saturated heterocycles. The van der Waals surface area contributed by atoms with Crippen LogP contribution in [0.2, 0.25) is 0 Å². The molecule has 0 aliphatic carbocycles. The van der Waals surface area contributed by atoms with Gasteiger partial charge in [0, 0.05) is 34.8 Å². The maximum absolute atomic E-state index is 4.17. The number of hydrogen-bond donors (Lipinski definition) is 1. The average molecular weight is 297 g/mol. The van der Waals surface area contributed by atoms with E-state index < -0.39 is 0 Å². The molecular formula is C12H13BrN2S. The Kier molecular flexibility index (Phi) is 4.09. The van der Waals surface area contributed by atoms with Crippen molar-refractivity contribution in [3.05, 3.63) is 50.4 Å². The van der Waals surface area contributed by atoms with Crippen molar-refractivity contribution >= 4 is 27.3 Å². The minimum Gasteiger partial charge on any atom is -0.308 e. The quantitative estimate of drug-likeness (QED) is 0.934. The van der Waals surface area contributed by atoms with Crippen LogP contribution in [0.15, 0.2) is 34.4 Å². The lowest BCUT2D eigenvalue weighted by molar-refractivity contribution is 0.697. The molecule has 4 heteroatoms. The molecule has 0 unspecified atom stereocenters. The minimum absolute atomic E-state index is 0.860. The highest BCUT2D eigenvalue weighted by Gasteiger charge is 2.00. The number of nitrogens with one attached hydrogen (secondary N) is 1. The molecule has 0 amide bonds. The van der Waals surface area contributed by atoms with Crippen molar-refractivity contribution in [3.63, 3.8) is 0 Å². The van der Waals surface area contributed by atoms with Crippen molar-refractivity contribution in [3.8, 4) is 0 Å². The number of pyridine rings is 1. The second-order valence-electron chi connectivity index (χ2n) is 3.67. The molecular weight excluding hydrogens is 284 g/mol. The van der Waals surface area contributed by atoms with E-state index in [2.05, 4.69) is 50.7 Å². The molecule has 0 fully saturated rings. The molecule has 0 aromatic carbocycles. The number of nitrogens with zero attached hydrogens (tertiary/aromatic N) is 1. The van der Waals surface area contributed by atoms with Crippen molar-refractivity contribution in [2.24, 2.45) is 0 Å². The van der Waals surface area contributed by atoms with E-state index in [9.17, 15) is 0 Å². The topological polar surface area (TPSA) is 24.9 Å². The standard InChI is InChI=1S/C12H13BrN2S/c1-9-4-10(6-14-5-9)7-15-8-12-11(13)2-3-16-12/h2-6,15H,7-8H2,1H3. The minimum atomic E-state index is 0.860. The van der Waals surface area contributed by atoms with Gasteiger partial charge in [-0.3, -0.25) is 4.98 Å². The number of aromatic nitrogens is 1. The predicted molar refractivity (Wildman–Crippen MR) is 71.5 cm³/mol. The maximum atomic E-state index is 4.17. The third-order valence-corrected chi connectivity index (χ3v) is 4.16. The summed E-state index contributed by atoms with van der Waals surface area (Å²) in [5, 5.41) is 5.51. The molecule has 0 atom stereocenters. The van der Waals surface area contributed by atoms with Gasteiger partial charge in [-0.05, 0) is 45.4 Å². The molecule has 0 radical (unpaired) electrons. The zero-order chi connectivity index (χ0) is 11.4. The van der Waals surface area contributed by atoms with Gasteiger partial charge in [0.2, 0.25) is 0 Å². The average Bonchev–Trinajstić information content (AvgIpc) is 2.65. The van der Waals surface area contributed by atoms with Crippen LogP contribution >= 0.6 is 27.3 Å². The van der Waals surface area contributed by atoms with E-state index in [1.54, 1.807) is 11.3 Å². The van der Waals surface area contributed by atoms with E-state index in [1.165, 1.54) is 20.5 Å². The largest absolute Gasteiger partial charge is 0.308 e. The molecule has 2 rings (SSSR count). The summed E-state index contributed by atoms with van der Waals surface area (Å²) in [4.78, 5) is 5.50. The Labute approximate surface area is 108 Å². The van der Waals surface area contributed by atoms with E-state index in [1.807, 2.05) is 12.4 Å². The fourth-order valence-corrected chi connectivity index (χ4v) is 2.95. The van der Waals surface area contributed by atoms with Crippen LogP contribution < -0.4 is 5.32 Å². The summed E-state index contributed by atoms with van der Waals surface area (Å²) in [5.74, 6) is 0. The summed E-state index contributed by atoms with van der Waals surface area (Å²) < 4.78 is 1.19. The van der Waals surface area contributed by atoms with Gasteiger partial charge in [-0.25, -0.2) is 0 Å². The first-order valence-electron chi connectivity index (χ1n) is 5.09. The lowest BCUT2D eigenvalue weighted by Gasteiger charge is -2.04. The maximum Gasteiger partial charge on any atom is 0.0327 e. The van der Waals surface area contributed by atoms with Crippen LogP contribution in [0.3, 0.4) is 0 Å². The van der Waals surface area contributed by atoms with Crippen molar-refractivity contribution in [1.29, 1.82) is 0 Å². The molecule has 2 aromatic rings. The Morgan fingerprint density at radius 1 is 1.38 bits per heavy atom. The van der Waals surface area contributed by atoms with E-state index in [4.69, 9.17) is 0 Å². The third kappa shape index (κ3) is 3.14. The van der Waals surface area contributed by atoms with E-state index in [0.717, 1.165) is 13.1 Å². The van der Waals surface area contributed by atoms with Gasteiger partial charge in [0.15, 0.2) is 0 Å². The van der Waals surface area contributed by atoms with Crippen molar-refractivity contribution in [2.45, 2.75) is 20.0 Å². The second-order valence-corrected chi connectivity index (χ2v) is 5.52. The van der Waals surface area contributed by atoms with Gasteiger partial charge in [0.25, 0.3) is 0 Å². The Bertz CT molecular complexity index is 468. The Morgan fingerprint density at radius 2 is 2.25 bits per heavy atom. The lowest BCUT2D eigenvalue weighted by atomic mass is 10.2. The summed E-state index contributed by atoms with van der Waals surface area (Å²) in [6.07, 6.45) is 3.78. The van der Waals surface area contributed by atoms with E-state index in [-0.39, 0.29) is 0 Å². The Morgan fingerprint density at radius 3 is 2.94 bits per heavy atom. The highest BCUT2D eigenvalue weighted by Crippen LogP contribution is 2.22. The highest BCUT2D eigenvalue weighted by molar-refractivity contribution is 9.10. The number of rotatable bonds is 4. The molecule has 84 valence electrons. The van der Waals surface area contributed by atoms with Crippen molar-refractivity contribution < 1.29 is 0 Å². The van der Waals surface area contributed by atoms with Gasteiger partial charge in [-0.1, -0.05) is 6.07 Å². The summed E-state index contributed by atoms with van der Waals surface area (Å²) in [5.41, 5.74) is 2.43.